The molecule has 3 heteroatoms. The molecule has 0 saturated heterocycles. The zero-order valence-corrected chi connectivity index (χ0v) is 12.8. The minimum Gasteiger partial charge on any atom is -0.464 e. The highest BCUT2D eigenvalue weighted by molar-refractivity contribution is 5.74. The first-order valence-electron chi connectivity index (χ1n) is 8.07. The van der Waals surface area contributed by atoms with Crippen LogP contribution in [-0.2, 0) is 9.53 Å². The van der Waals surface area contributed by atoms with Crippen LogP contribution in [0.4, 0.5) is 0 Å². The van der Waals surface area contributed by atoms with Crippen molar-refractivity contribution in [2.75, 3.05) is 6.61 Å². The Morgan fingerprint density at radius 2 is 1.37 bits per heavy atom. The highest BCUT2D eigenvalue weighted by Crippen LogP contribution is 2.12. The molecule has 0 spiro atoms. The van der Waals surface area contributed by atoms with E-state index in [0.717, 1.165) is 12.8 Å². The molecule has 0 aliphatic heterocycles. The molecule has 0 aromatic heterocycles. The van der Waals surface area contributed by atoms with Gasteiger partial charge in [-0.15, -0.1) is 0 Å². The zero-order valence-electron chi connectivity index (χ0n) is 12.8. The Bertz CT molecular complexity index is 204. The van der Waals surface area contributed by atoms with Crippen LogP contribution in [0, 0.1) is 0 Å². The summed E-state index contributed by atoms with van der Waals surface area (Å²) in [7, 11) is 0. The fraction of sp³-hybridized carbons (Fsp3) is 0.938. The number of esters is 1. The minimum absolute atomic E-state index is 0.341. The monoisotopic (exact) mass is 272 g/mol. The third-order valence-electron chi connectivity index (χ3n) is 3.39. The van der Waals surface area contributed by atoms with Crippen LogP contribution in [0.3, 0.4) is 0 Å². The largest absolute Gasteiger partial charge is 0.464 e. The lowest BCUT2D eigenvalue weighted by Gasteiger charge is -2.09. The van der Waals surface area contributed by atoms with Gasteiger partial charge in [0.25, 0.3) is 0 Å². The molecule has 0 heterocycles. The number of aliphatic hydroxyl groups excluding tert-OH is 1. The molecule has 1 atom stereocenters. The number of hydrogen-bond acceptors (Lipinski definition) is 3. The summed E-state index contributed by atoms with van der Waals surface area (Å²) in [4.78, 5) is 11.2. The van der Waals surface area contributed by atoms with Gasteiger partial charge in [0.05, 0.1) is 6.61 Å². The van der Waals surface area contributed by atoms with Crippen molar-refractivity contribution in [2.45, 2.75) is 90.6 Å². The number of ether oxygens (including phenoxy) is 1. The molecular formula is C16H32O3. The van der Waals surface area contributed by atoms with Crippen LogP contribution in [0.5, 0.6) is 0 Å². The Hall–Kier alpha value is -0.570. The molecule has 0 aromatic carbocycles. The van der Waals surface area contributed by atoms with Crippen molar-refractivity contribution in [3.8, 4) is 0 Å². The second-order valence-corrected chi connectivity index (χ2v) is 5.24. The average molecular weight is 272 g/mol. The summed E-state index contributed by atoms with van der Waals surface area (Å²) in [6.07, 6.45) is 12.2. The van der Waals surface area contributed by atoms with E-state index in [1.165, 1.54) is 51.4 Å². The number of hydrogen-bond donors (Lipinski definition) is 1. The van der Waals surface area contributed by atoms with E-state index in [9.17, 15) is 9.90 Å². The van der Waals surface area contributed by atoms with E-state index in [1.54, 1.807) is 6.92 Å². The standard InChI is InChI=1S/C16H32O3/c1-3-5-6-7-8-9-10-11-12-13-14-15(17)16(18)19-4-2/h15,17H,3-14H2,1-2H3. The molecule has 19 heavy (non-hydrogen) atoms. The van der Waals surface area contributed by atoms with Gasteiger partial charge in [-0.05, 0) is 13.3 Å². The molecule has 0 fully saturated rings. The number of carbonyl (C=O) groups excluding carboxylic acids is 1. The summed E-state index contributed by atoms with van der Waals surface area (Å²) in [5.41, 5.74) is 0. The van der Waals surface area contributed by atoms with Crippen LogP contribution in [-0.4, -0.2) is 23.8 Å². The van der Waals surface area contributed by atoms with E-state index in [1.807, 2.05) is 0 Å². The predicted molar refractivity (Wildman–Crippen MR) is 79.1 cm³/mol. The number of aliphatic hydroxyl groups is 1. The first-order valence-corrected chi connectivity index (χ1v) is 8.07. The van der Waals surface area contributed by atoms with Gasteiger partial charge in [0.1, 0.15) is 0 Å². The van der Waals surface area contributed by atoms with E-state index in [0.29, 0.717) is 13.0 Å². The van der Waals surface area contributed by atoms with Crippen molar-refractivity contribution in [1.82, 2.24) is 0 Å². The number of carbonyl (C=O) groups is 1. The molecule has 0 rings (SSSR count). The quantitative estimate of drug-likeness (QED) is 0.403. The third-order valence-corrected chi connectivity index (χ3v) is 3.39. The van der Waals surface area contributed by atoms with Gasteiger partial charge in [-0.3, -0.25) is 0 Å². The van der Waals surface area contributed by atoms with Crippen molar-refractivity contribution in [3.05, 3.63) is 0 Å². The Morgan fingerprint density at radius 1 is 0.895 bits per heavy atom. The maximum absolute atomic E-state index is 11.2. The number of unbranched alkanes of at least 4 members (excludes halogenated alkanes) is 9. The molecule has 3 nitrogen and oxygen atoms in total. The molecule has 0 bridgehead atoms. The normalized spacial score (nSPS) is 12.4. The lowest BCUT2D eigenvalue weighted by Crippen LogP contribution is -2.22. The van der Waals surface area contributed by atoms with Crippen LogP contribution in [0.2, 0.25) is 0 Å². The zero-order chi connectivity index (χ0) is 14.3. The average Bonchev–Trinajstić information content (AvgIpc) is 2.41. The topological polar surface area (TPSA) is 46.5 Å². The van der Waals surface area contributed by atoms with Gasteiger partial charge in [0.15, 0.2) is 6.10 Å². The van der Waals surface area contributed by atoms with Gasteiger partial charge in [0.2, 0.25) is 0 Å². The summed E-state index contributed by atoms with van der Waals surface area (Å²) in [5.74, 6) is -0.474. The highest BCUT2D eigenvalue weighted by atomic mass is 16.5. The Balaban J connectivity index is 3.20. The molecule has 0 aliphatic carbocycles. The van der Waals surface area contributed by atoms with Gasteiger partial charge in [0, 0.05) is 0 Å². The molecular weight excluding hydrogens is 240 g/mol. The summed E-state index contributed by atoms with van der Waals surface area (Å²) >= 11 is 0. The third kappa shape index (κ3) is 12.2. The second kappa shape index (κ2) is 13.9. The van der Waals surface area contributed by atoms with E-state index in [-0.39, 0.29) is 0 Å². The van der Waals surface area contributed by atoms with E-state index >= 15 is 0 Å². The Kier molecular flexibility index (Phi) is 13.4. The van der Waals surface area contributed by atoms with E-state index < -0.39 is 12.1 Å². The maximum atomic E-state index is 11.2. The van der Waals surface area contributed by atoms with Crippen LogP contribution < -0.4 is 0 Å². The first kappa shape index (κ1) is 18.4. The highest BCUT2D eigenvalue weighted by Gasteiger charge is 2.14. The molecule has 0 amide bonds. The summed E-state index contributed by atoms with van der Waals surface area (Å²) in [5, 5.41) is 9.50. The number of rotatable bonds is 13. The van der Waals surface area contributed by atoms with Gasteiger partial charge in [-0.25, -0.2) is 4.79 Å². The van der Waals surface area contributed by atoms with Crippen molar-refractivity contribution in [2.24, 2.45) is 0 Å². The van der Waals surface area contributed by atoms with Crippen LogP contribution in [0.15, 0.2) is 0 Å². The van der Waals surface area contributed by atoms with E-state index in [2.05, 4.69) is 6.92 Å². The summed E-state index contributed by atoms with van der Waals surface area (Å²) in [6.45, 7) is 4.34. The van der Waals surface area contributed by atoms with Gasteiger partial charge < -0.3 is 9.84 Å². The lowest BCUT2D eigenvalue weighted by molar-refractivity contribution is -0.153. The predicted octanol–water partition coefficient (Wildman–Crippen LogP) is 4.22. The van der Waals surface area contributed by atoms with Gasteiger partial charge in [-0.2, -0.15) is 0 Å². The van der Waals surface area contributed by atoms with Crippen molar-refractivity contribution >= 4 is 5.97 Å². The maximum Gasteiger partial charge on any atom is 0.334 e. The molecule has 0 radical (unpaired) electrons. The molecule has 0 aliphatic rings. The SMILES string of the molecule is CCCCCCCCCCCCC(O)C(=O)OCC. The van der Waals surface area contributed by atoms with Crippen LogP contribution >= 0.6 is 0 Å². The van der Waals surface area contributed by atoms with Gasteiger partial charge >= 0.3 is 5.97 Å². The molecule has 0 aromatic rings. The summed E-state index contributed by atoms with van der Waals surface area (Å²) < 4.78 is 4.76. The molecule has 1 unspecified atom stereocenters. The Morgan fingerprint density at radius 3 is 1.84 bits per heavy atom. The first-order chi connectivity index (χ1) is 9.22. The van der Waals surface area contributed by atoms with Crippen LogP contribution in [0.1, 0.15) is 84.5 Å². The van der Waals surface area contributed by atoms with Crippen molar-refractivity contribution in [1.29, 1.82) is 0 Å². The van der Waals surface area contributed by atoms with Crippen molar-refractivity contribution in [3.63, 3.8) is 0 Å². The van der Waals surface area contributed by atoms with E-state index in [4.69, 9.17) is 4.74 Å². The van der Waals surface area contributed by atoms with Crippen LogP contribution in [0.25, 0.3) is 0 Å². The fourth-order valence-corrected chi connectivity index (χ4v) is 2.18. The van der Waals surface area contributed by atoms with Crippen molar-refractivity contribution < 1.29 is 14.6 Å². The Labute approximate surface area is 118 Å². The summed E-state index contributed by atoms with van der Waals surface area (Å²) in [6, 6.07) is 0. The lowest BCUT2D eigenvalue weighted by atomic mass is 10.0. The smallest absolute Gasteiger partial charge is 0.334 e. The minimum atomic E-state index is -0.922. The second-order valence-electron chi connectivity index (χ2n) is 5.24. The van der Waals surface area contributed by atoms with Gasteiger partial charge in [-0.1, -0.05) is 71.1 Å². The molecule has 114 valence electrons. The fourth-order valence-electron chi connectivity index (χ4n) is 2.18. The molecule has 0 saturated carbocycles. The molecule has 1 N–H and O–H groups in total.